The van der Waals surface area contributed by atoms with Crippen molar-refractivity contribution < 1.29 is 23.3 Å². The first-order chi connectivity index (χ1) is 15.6. The summed E-state index contributed by atoms with van der Waals surface area (Å²) in [6.07, 6.45) is 9.36. The molecule has 0 aromatic heterocycles. The van der Waals surface area contributed by atoms with Crippen molar-refractivity contribution in [3.8, 4) is 11.1 Å². The first kappa shape index (κ1) is 39.1. The molecule has 2 aromatic rings. The first-order valence-corrected chi connectivity index (χ1v) is 17.7. The average Bonchev–Trinajstić information content (AvgIpc) is 3.42. The molecule has 0 fully saturated rings. The number of hydrogen-bond donors (Lipinski definition) is 0. The van der Waals surface area contributed by atoms with Gasteiger partial charge in [0.1, 0.15) is 0 Å². The minimum atomic E-state index is 0. The van der Waals surface area contributed by atoms with E-state index in [1.807, 2.05) is 6.88 Å². The van der Waals surface area contributed by atoms with Crippen LogP contribution in [0.5, 0.6) is 0 Å². The molecule has 0 radical (unpaired) electrons. The van der Waals surface area contributed by atoms with Crippen molar-refractivity contribution in [1.29, 1.82) is 0 Å². The second kappa shape index (κ2) is 18.8. The SMILES string of the molecule is CC(C)(C)c1[c-]c2c(cc1)-c1ccc(C(C)(C)C)cc1C2.CC1=[C-]CC=C1.Cl.Cl.[CH2-]C.[CH2-]C.[SiH2]=[Zr]. The van der Waals surface area contributed by atoms with E-state index in [9.17, 15) is 0 Å². The van der Waals surface area contributed by atoms with Gasteiger partial charge in [-0.2, -0.15) is 43.7 Å². The Balaban J connectivity index is -0.000000621. The fraction of sp³-hybridized carbons (Fsp3) is 0.419. The summed E-state index contributed by atoms with van der Waals surface area (Å²) < 4.78 is 0. The standard InChI is InChI=1S/C21H25.C6H7.2C2H5.2ClH.H2Si.Zr/c1-20(2,3)16-7-9-18-14(12-16)11-15-13-17(21(4,5)6)8-10-19(15)18;1-6-4-2-3-5-6;2*1-2;;;;/h7-10,12H,11H2,1-6H3;2,4H,3H2,1H3;2*1H2,2H3;2*1H;1H2;/q4*-1;;;;. The summed E-state index contributed by atoms with van der Waals surface area (Å²) in [5.74, 6) is 0. The Labute approximate surface area is 246 Å². The molecule has 0 saturated carbocycles. The van der Waals surface area contributed by atoms with Gasteiger partial charge in [0.25, 0.3) is 0 Å². The maximum atomic E-state index is 3.67. The van der Waals surface area contributed by atoms with Crippen LogP contribution in [0.4, 0.5) is 0 Å². The molecule has 0 bridgehead atoms. The van der Waals surface area contributed by atoms with Crippen LogP contribution >= 0.6 is 24.8 Å². The van der Waals surface area contributed by atoms with E-state index >= 15 is 0 Å². The van der Waals surface area contributed by atoms with Crippen LogP contribution in [-0.4, -0.2) is 6.88 Å². The van der Waals surface area contributed by atoms with Crippen LogP contribution in [-0.2, 0) is 40.6 Å². The molecule has 2 aliphatic rings. The molecule has 0 nitrogen and oxygen atoms in total. The first-order valence-electron chi connectivity index (χ1n) is 11.8. The van der Waals surface area contributed by atoms with Crippen molar-refractivity contribution >= 4 is 31.7 Å². The summed E-state index contributed by atoms with van der Waals surface area (Å²) in [5, 5.41) is 0. The number of fused-ring (bicyclic) bond motifs is 3. The summed E-state index contributed by atoms with van der Waals surface area (Å²) in [4.78, 5) is 0. The molecular weight excluding hydrogens is 563 g/mol. The van der Waals surface area contributed by atoms with Crippen molar-refractivity contribution in [2.45, 2.75) is 86.0 Å². The van der Waals surface area contributed by atoms with Crippen molar-refractivity contribution in [1.82, 2.24) is 0 Å². The van der Waals surface area contributed by atoms with Crippen molar-refractivity contribution in [3.05, 3.63) is 96.3 Å². The Kier molecular flexibility index (Phi) is 21.0. The molecule has 196 valence electrons. The zero-order valence-corrected chi connectivity index (χ0v) is 28.9. The number of hydrogen-bond acceptors (Lipinski definition) is 0. The molecule has 0 spiro atoms. The zero-order valence-electron chi connectivity index (χ0n) is 23.4. The summed E-state index contributed by atoms with van der Waals surface area (Å²) >= 11 is 1.58. The number of halogens is 2. The van der Waals surface area contributed by atoms with Crippen LogP contribution in [0.2, 0.25) is 0 Å². The van der Waals surface area contributed by atoms with Crippen LogP contribution in [0.1, 0.15) is 91.0 Å². The van der Waals surface area contributed by atoms with Gasteiger partial charge in [0, 0.05) is 0 Å². The van der Waals surface area contributed by atoms with Gasteiger partial charge in [-0.25, -0.2) is 11.6 Å². The molecule has 0 unspecified atom stereocenters. The second-order valence-electron chi connectivity index (χ2n) is 9.78. The van der Waals surface area contributed by atoms with E-state index in [4.69, 9.17) is 0 Å². The number of allylic oxidation sites excluding steroid dienone is 4. The Morgan fingerprint density at radius 1 is 0.829 bits per heavy atom. The van der Waals surface area contributed by atoms with Gasteiger partial charge in [-0.3, -0.25) is 6.08 Å². The number of rotatable bonds is 0. The quantitative estimate of drug-likeness (QED) is 0.177. The molecule has 2 aromatic carbocycles. The van der Waals surface area contributed by atoms with Gasteiger partial charge < -0.3 is 13.8 Å². The predicted molar refractivity (Wildman–Crippen MR) is 162 cm³/mol. The van der Waals surface area contributed by atoms with E-state index in [-0.39, 0.29) is 35.6 Å². The Bertz CT molecular complexity index is 868. The summed E-state index contributed by atoms with van der Waals surface area (Å²) in [7, 11) is 0. The molecule has 0 atom stereocenters. The Morgan fingerprint density at radius 2 is 1.37 bits per heavy atom. The van der Waals surface area contributed by atoms with Crippen molar-refractivity contribution in [2.24, 2.45) is 0 Å². The fourth-order valence-corrected chi connectivity index (χ4v) is 3.54. The summed E-state index contributed by atoms with van der Waals surface area (Å²) in [6, 6.07) is 15.2. The van der Waals surface area contributed by atoms with E-state index in [2.05, 4.69) is 117 Å². The molecule has 0 saturated heterocycles. The predicted octanol–water partition coefficient (Wildman–Crippen LogP) is 8.95. The van der Waals surface area contributed by atoms with Gasteiger partial charge in [0.05, 0.1) is 0 Å². The van der Waals surface area contributed by atoms with Crippen molar-refractivity contribution in [3.63, 3.8) is 0 Å². The Hall–Kier alpha value is -0.400. The second-order valence-corrected chi connectivity index (χ2v) is 9.78. The van der Waals surface area contributed by atoms with E-state index in [1.54, 1.807) is 37.2 Å². The van der Waals surface area contributed by atoms with E-state index in [0.717, 1.165) is 12.8 Å². The summed E-state index contributed by atoms with van der Waals surface area (Å²) in [5.41, 5.74) is 9.98. The van der Waals surface area contributed by atoms with E-state index in [0.29, 0.717) is 0 Å². The van der Waals surface area contributed by atoms with Gasteiger partial charge in [-0.1, -0.05) is 72.2 Å². The molecule has 0 heterocycles. The van der Waals surface area contributed by atoms with Crippen LogP contribution in [0.15, 0.2) is 48.1 Å². The third-order valence-electron chi connectivity index (χ3n) is 5.33. The molecule has 0 aliphatic heterocycles. The van der Waals surface area contributed by atoms with Crippen LogP contribution in [0.3, 0.4) is 0 Å². The number of benzene rings is 2. The Morgan fingerprint density at radius 3 is 1.77 bits per heavy atom. The van der Waals surface area contributed by atoms with Crippen LogP contribution in [0.25, 0.3) is 11.1 Å². The molecule has 0 amide bonds. The molecule has 4 rings (SSSR count). The maximum absolute atomic E-state index is 3.67. The van der Waals surface area contributed by atoms with Gasteiger partial charge >= 0.3 is 30.2 Å². The monoisotopic (exact) mass is 606 g/mol. The molecule has 35 heavy (non-hydrogen) atoms. The normalized spacial score (nSPS) is 12.0. The van der Waals surface area contributed by atoms with E-state index in [1.165, 1.54) is 39.0 Å². The van der Waals surface area contributed by atoms with Gasteiger partial charge in [0.15, 0.2) is 0 Å². The van der Waals surface area contributed by atoms with Gasteiger partial charge in [-0.15, -0.1) is 42.4 Å². The van der Waals surface area contributed by atoms with Gasteiger partial charge in [0.2, 0.25) is 0 Å². The summed E-state index contributed by atoms with van der Waals surface area (Å²) in [6.45, 7) is 27.6. The van der Waals surface area contributed by atoms with E-state index < -0.39 is 0 Å². The average molecular weight is 609 g/mol. The van der Waals surface area contributed by atoms with Crippen LogP contribution < -0.4 is 0 Å². The van der Waals surface area contributed by atoms with Crippen molar-refractivity contribution in [2.75, 3.05) is 0 Å². The third-order valence-corrected chi connectivity index (χ3v) is 5.33. The van der Waals surface area contributed by atoms with Crippen LogP contribution in [0, 0.1) is 26.0 Å². The van der Waals surface area contributed by atoms with Gasteiger partial charge in [-0.05, 0) is 28.4 Å². The topological polar surface area (TPSA) is 0 Å². The molecule has 2 aliphatic carbocycles. The molecular formula is C31H46Cl2SiZr-4. The minimum absolute atomic E-state index is 0. The molecule has 4 heteroatoms. The third kappa shape index (κ3) is 12.1. The zero-order chi connectivity index (χ0) is 25.8. The molecule has 0 N–H and O–H groups in total. The fourth-order valence-electron chi connectivity index (χ4n) is 3.54.